The minimum atomic E-state index is -4.98. The summed E-state index contributed by atoms with van der Waals surface area (Å²) in [5.74, 6) is -2.11. The minimum Gasteiger partial charge on any atom is -0.454 e. The standard InChI is InChI=1S/C19H13F3N4O6/c20-19(21,22)13-7-11(26(30)31)5-6-15(13)24-16(27)9-32-17(28)8-25-10-23-14-4-2-1-3-12(14)18(25)29/h1-7,10H,8-9H2,(H,24,27). The number of alkyl halides is 3. The number of nitrogens with one attached hydrogen (secondary N) is 1. The van der Waals surface area contributed by atoms with Crippen LogP contribution in [0, 0.1) is 10.1 Å². The minimum absolute atomic E-state index is 0.262. The second-order valence-electron chi connectivity index (χ2n) is 6.39. The van der Waals surface area contributed by atoms with Gasteiger partial charge in [0.1, 0.15) is 6.54 Å². The molecule has 2 aromatic carbocycles. The molecule has 0 radical (unpaired) electrons. The Morgan fingerprint density at radius 1 is 1.19 bits per heavy atom. The lowest BCUT2D eigenvalue weighted by Crippen LogP contribution is -2.28. The summed E-state index contributed by atoms with van der Waals surface area (Å²) in [7, 11) is 0. The Balaban J connectivity index is 1.65. The van der Waals surface area contributed by atoms with Gasteiger partial charge in [0.2, 0.25) is 0 Å². The second kappa shape index (κ2) is 8.83. The van der Waals surface area contributed by atoms with Crippen molar-refractivity contribution in [1.29, 1.82) is 0 Å². The average Bonchev–Trinajstić information content (AvgIpc) is 2.74. The summed E-state index contributed by atoms with van der Waals surface area (Å²) >= 11 is 0. The molecule has 1 amide bonds. The zero-order valence-corrected chi connectivity index (χ0v) is 16.0. The summed E-state index contributed by atoms with van der Waals surface area (Å²) in [6.45, 7) is -1.52. The van der Waals surface area contributed by atoms with Gasteiger partial charge in [0.05, 0.1) is 33.4 Å². The van der Waals surface area contributed by atoms with Crippen LogP contribution in [0.5, 0.6) is 0 Å². The molecule has 0 unspecified atom stereocenters. The van der Waals surface area contributed by atoms with Crippen molar-refractivity contribution >= 4 is 34.2 Å². The number of halogens is 3. The highest BCUT2D eigenvalue weighted by atomic mass is 19.4. The molecule has 0 fully saturated rings. The number of esters is 1. The lowest BCUT2D eigenvalue weighted by atomic mass is 10.1. The van der Waals surface area contributed by atoms with Crippen LogP contribution in [0.4, 0.5) is 24.5 Å². The first-order valence-electron chi connectivity index (χ1n) is 8.81. The molecule has 32 heavy (non-hydrogen) atoms. The molecule has 0 aliphatic heterocycles. The zero-order chi connectivity index (χ0) is 23.5. The SMILES string of the molecule is O=C(COC(=O)Cn1cnc2ccccc2c1=O)Nc1ccc([N+](=O)[O-])cc1C(F)(F)F. The number of fused-ring (bicyclic) bond motifs is 1. The number of non-ortho nitro benzene ring substituents is 1. The quantitative estimate of drug-likeness (QED) is 0.347. The van der Waals surface area contributed by atoms with E-state index < -0.39 is 58.6 Å². The van der Waals surface area contributed by atoms with Crippen LogP contribution in [0.1, 0.15) is 5.56 Å². The van der Waals surface area contributed by atoms with Gasteiger partial charge in [0, 0.05) is 12.1 Å². The van der Waals surface area contributed by atoms with Gasteiger partial charge in [-0.15, -0.1) is 0 Å². The van der Waals surface area contributed by atoms with E-state index in [2.05, 4.69) is 4.98 Å². The lowest BCUT2D eigenvalue weighted by molar-refractivity contribution is -0.385. The Morgan fingerprint density at radius 2 is 1.91 bits per heavy atom. The van der Waals surface area contributed by atoms with Crippen LogP contribution >= 0.6 is 0 Å². The van der Waals surface area contributed by atoms with Gasteiger partial charge in [-0.25, -0.2) is 4.98 Å². The van der Waals surface area contributed by atoms with E-state index in [0.717, 1.165) is 23.0 Å². The lowest BCUT2D eigenvalue weighted by Gasteiger charge is -2.13. The van der Waals surface area contributed by atoms with Gasteiger partial charge < -0.3 is 10.1 Å². The summed E-state index contributed by atoms with van der Waals surface area (Å²) < 4.78 is 45.1. The van der Waals surface area contributed by atoms with Crippen LogP contribution in [0.2, 0.25) is 0 Å². The van der Waals surface area contributed by atoms with Crippen molar-refractivity contribution in [2.45, 2.75) is 12.7 Å². The van der Waals surface area contributed by atoms with Crippen molar-refractivity contribution in [3.63, 3.8) is 0 Å². The van der Waals surface area contributed by atoms with Gasteiger partial charge in [0.15, 0.2) is 6.61 Å². The number of carbonyl (C=O) groups excluding carboxylic acids is 2. The molecular weight excluding hydrogens is 437 g/mol. The number of nitro benzene ring substituents is 1. The van der Waals surface area contributed by atoms with Crippen molar-refractivity contribution in [3.05, 3.63) is 74.8 Å². The van der Waals surface area contributed by atoms with Crippen LogP contribution in [-0.2, 0) is 27.0 Å². The van der Waals surface area contributed by atoms with Gasteiger partial charge >= 0.3 is 12.1 Å². The molecule has 1 heterocycles. The number of para-hydroxylation sites is 1. The fourth-order valence-electron chi connectivity index (χ4n) is 2.73. The number of aromatic nitrogens is 2. The fraction of sp³-hybridized carbons (Fsp3) is 0.158. The van der Waals surface area contributed by atoms with Crippen molar-refractivity contribution in [2.24, 2.45) is 0 Å². The number of hydrogen-bond donors (Lipinski definition) is 1. The number of ether oxygens (including phenoxy) is 1. The number of rotatable bonds is 6. The smallest absolute Gasteiger partial charge is 0.418 e. The predicted octanol–water partition coefficient (Wildman–Crippen LogP) is 2.51. The highest BCUT2D eigenvalue weighted by Gasteiger charge is 2.35. The molecule has 1 N–H and O–H groups in total. The van der Waals surface area contributed by atoms with E-state index in [4.69, 9.17) is 4.74 Å². The van der Waals surface area contributed by atoms with Gasteiger partial charge in [0.25, 0.3) is 17.2 Å². The number of hydrogen-bond acceptors (Lipinski definition) is 7. The number of carbonyl (C=O) groups is 2. The Labute approximate surface area is 176 Å². The van der Waals surface area contributed by atoms with E-state index in [1.807, 2.05) is 5.32 Å². The largest absolute Gasteiger partial charge is 0.454 e. The molecule has 13 heteroatoms. The zero-order valence-electron chi connectivity index (χ0n) is 16.0. The molecule has 0 saturated heterocycles. The average molecular weight is 450 g/mol. The summed E-state index contributed by atoms with van der Waals surface area (Å²) in [6.07, 6.45) is -3.85. The first-order chi connectivity index (χ1) is 15.1. The molecule has 3 aromatic rings. The number of nitro groups is 1. The summed E-state index contributed by atoms with van der Waals surface area (Å²) in [5, 5.41) is 12.9. The van der Waals surface area contributed by atoms with Crippen LogP contribution in [-0.4, -0.2) is 33.0 Å². The first-order valence-corrected chi connectivity index (χ1v) is 8.81. The molecule has 0 aliphatic carbocycles. The molecule has 0 spiro atoms. The van der Waals surface area contributed by atoms with Crippen LogP contribution in [0.3, 0.4) is 0 Å². The van der Waals surface area contributed by atoms with E-state index in [-0.39, 0.29) is 11.5 Å². The predicted molar refractivity (Wildman–Crippen MR) is 104 cm³/mol. The normalized spacial score (nSPS) is 11.2. The van der Waals surface area contributed by atoms with Crippen LogP contribution in [0.15, 0.2) is 53.6 Å². The maximum absolute atomic E-state index is 13.1. The van der Waals surface area contributed by atoms with E-state index in [0.29, 0.717) is 5.52 Å². The van der Waals surface area contributed by atoms with E-state index in [1.54, 1.807) is 18.2 Å². The molecule has 1 aromatic heterocycles. The summed E-state index contributed by atoms with van der Waals surface area (Å²) in [4.78, 5) is 49.9. The first kappa shape index (κ1) is 22.4. The molecule has 10 nitrogen and oxygen atoms in total. The number of amides is 1. The Morgan fingerprint density at radius 3 is 2.59 bits per heavy atom. The summed E-state index contributed by atoms with van der Waals surface area (Å²) in [5.41, 5.74) is -3.07. The molecule has 166 valence electrons. The highest BCUT2D eigenvalue weighted by molar-refractivity contribution is 5.93. The van der Waals surface area contributed by atoms with Crippen LogP contribution in [0.25, 0.3) is 10.9 Å². The van der Waals surface area contributed by atoms with E-state index in [9.17, 15) is 37.7 Å². The number of benzene rings is 2. The molecule has 3 rings (SSSR count). The highest BCUT2D eigenvalue weighted by Crippen LogP contribution is 2.37. The van der Waals surface area contributed by atoms with E-state index in [1.165, 1.54) is 6.07 Å². The third kappa shape index (κ3) is 5.06. The number of nitrogens with zero attached hydrogens (tertiary/aromatic N) is 3. The van der Waals surface area contributed by atoms with Crippen LogP contribution < -0.4 is 10.9 Å². The van der Waals surface area contributed by atoms with Gasteiger partial charge in [-0.05, 0) is 18.2 Å². The summed E-state index contributed by atoms with van der Waals surface area (Å²) in [6, 6.07) is 8.21. The van der Waals surface area contributed by atoms with Crippen molar-refractivity contribution < 1.29 is 32.4 Å². The monoisotopic (exact) mass is 450 g/mol. The van der Waals surface area contributed by atoms with Gasteiger partial charge in [-0.3, -0.25) is 29.1 Å². The maximum Gasteiger partial charge on any atom is 0.418 e. The molecular formula is C19H13F3N4O6. The van der Waals surface area contributed by atoms with Gasteiger partial charge in [-0.2, -0.15) is 13.2 Å². The molecule has 0 saturated carbocycles. The van der Waals surface area contributed by atoms with Crippen molar-refractivity contribution in [2.75, 3.05) is 11.9 Å². The Bertz CT molecular complexity index is 1270. The molecule has 0 bridgehead atoms. The Kier molecular flexibility index (Phi) is 6.18. The van der Waals surface area contributed by atoms with Crippen molar-refractivity contribution in [3.8, 4) is 0 Å². The third-order valence-corrected chi connectivity index (χ3v) is 4.19. The number of anilines is 1. The van der Waals surface area contributed by atoms with E-state index >= 15 is 0 Å². The maximum atomic E-state index is 13.1. The Hall–Kier alpha value is -4.29. The fourth-order valence-corrected chi connectivity index (χ4v) is 2.73. The second-order valence-corrected chi connectivity index (χ2v) is 6.39. The molecule has 0 atom stereocenters. The van der Waals surface area contributed by atoms with Gasteiger partial charge in [-0.1, -0.05) is 12.1 Å². The van der Waals surface area contributed by atoms with Crippen molar-refractivity contribution in [1.82, 2.24) is 9.55 Å². The molecule has 0 aliphatic rings. The topological polar surface area (TPSA) is 133 Å². The third-order valence-electron chi connectivity index (χ3n) is 4.19.